The maximum absolute atomic E-state index is 11.2. The molecule has 8 heteroatoms. The summed E-state index contributed by atoms with van der Waals surface area (Å²) in [5.41, 5.74) is 0.949. The van der Waals surface area contributed by atoms with Gasteiger partial charge in [0.2, 0.25) is 5.13 Å². The molecule has 0 radical (unpaired) electrons. The second-order valence-electron chi connectivity index (χ2n) is 7.78. The van der Waals surface area contributed by atoms with E-state index in [1.54, 1.807) is 20.8 Å². The summed E-state index contributed by atoms with van der Waals surface area (Å²) in [6.07, 6.45) is 4.10. The number of nitrogens with one attached hydrogen (secondary N) is 1. The van der Waals surface area contributed by atoms with Crippen LogP contribution in [-0.2, 0) is 21.8 Å². The third kappa shape index (κ3) is 10.5. The number of hydrogen-bond donors (Lipinski definition) is 1. The van der Waals surface area contributed by atoms with Crippen LogP contribution < -0.4 is 5.32 Å². The lowest BCUT2D eigenvalue weighted by molar-refractivity contribution is 0.0636. The van der Waals surface area contributed by atoms with E-state index in [4.69, 9.17) is 4.74 Å². The Morgan fingerprint density at radius 2 is 1.90 bits per heavy atom. The number of anilines is 1. The van der Waals surface area contributed by atoms with Crippen LogP contribution in [0.4, 0.5) is 9.93 Å². The average molecular weight is 439 g/mol. The predicted molar refractivity (Wildman–Crippen MR) is 124 cm³/mol. The number of benzene rings is 1. The molecule has 0 spiro atoms. The van der Waals surface area contributed by atoms with E-state index in [1.807, 2.05) is 14.0 Å². The highest BCUT2D eigenvalue weighted by Crippen LogP contribution is 2.16. The van der Waals surface area contributed by atoms with Crippen LogP contribution in [0.15, 0.2) is 33.5 Å². The van der Waals surface area contributed by atoms with Crippen molar-refractivity contribution in [3.05, 3.63) is 34.8 Å². The maximum Gasteiger partial charge on any atom is 0.414 e. The van der Waals surface area contributed by atoms with Crippen molar-refractivity contribution in [1.29, 1.82) is 0 Å². The Morgan fingerprint density at radius 3 is 2.34 bits per heavy atom. The Bertz CT molecular complexity index is 796. The van der Waals surface area contributed by atoms with Crippen LogP contribution in [0.2, 0.25) is 0 Å². The SMILES string of the molecule is CCC(C)Cc1ccc(S(C)=NC)cc1.Cc1nnc(NC(=O)OC(C)(C)C)s1. The van der Waals surface area contributed by atoms with Gasteiger partial charge in [-0.1, -0.05) is 54.4 Å². The summed E-state index contributed by atoms with van der Waals surface area (Å²) in [5, 5.41) is 11.3. The van der Waals surface area contributed by atoms with E-state index < -0.39 is 11.7 Å². The Hall–Kier alpha value is -1.80. The summed E-state index contributed by atoms with van der Waals surface area (Å²) in [6, 6.07) is 8.92. The van der Waals surface area contributed by atoms with Crippen molar-refractivity contribution in [2.75, 3.05) is 18.6 Å². The molecule has 0 saturated heterocycles. The molecule has 2 aromatic rings. The quantitative estimate of drug-likeness (QED) is 0.631. The molecule has 1 amide bonds. The number of ether oxygens (including phenoxy) is 1. The van der Waals surface area contributed by atoms with E-state index in [0.29, 0.717) is 5.13 Å². The first kappa shape index (κ1) is 25.2. The second kappa shape index (κ2) is 12.0. The fraction of sp³-hybridized carbons (Fsp3) is 0.571. The summed E-state index contributed by atoms with van der Waals surface area (Å²) in [4.78, 5) is 12.6. The van der Waals surface area contributed by atoms with Crippen LogP contribution in [0, 0.1) is 12.8 Å². The molecular weight excluding hydrogens is 404 g/mol. The van der Waals surface area contributed by atoms with Crippen molar-refractivity contribution in [2.24, 2.45) is 10.3 Å². The molecule has 162 valence electrons. The van der Waals surface area contributed by atoms with Gasteiger partial charge in [-0.25, -0.2) is 4.79 Å². The topological polar surface area (TPSA) is 76.5 Å². The summed E-state index contributed by atoms with van der Waals surface area (Å²) < 4.78 is 9.33. The molecule has 1 N–H and O–H groups in total. The van der Waals surface area contributed by atoms with Gasteiger partial charge in [-0.3, -0.25) is 9.68 Å². The third-order valence-electron chi connectivity index (χ3n) is 3.95. The van der Waals surface area contributed by atoms with Crippen molar-refractivity contribution in [3.63, 3.8) is 0 Å². The fourth-order valence-corrected chi connectivity index (χ4v) is 3.53. The van der Waals surface area contributed by atoms with Crippen LogP contribution in [-0.4, -0.2) is 35.2 Å². The van der Waals surface area contributed by atoms with Gasteiger partial charge in [0.25, 0.3) is 0 Å². The molecule has 0 bridgehead atoms. The van der Waals surface area contributed by atoms with Crippen LogP contribution in [0.25, 0.3) is 0 Å². The molecule has 1 aromatic carbocycles. The Labute approximate surface area is 181 Å². The highest BCUT2D eigenvalue weighted by Gasteiger charge is 2.17. The lowest BCUT2D eigenvalue weighted by Gasteiger charge is -2.18. The van der Waals surface area contributed by atoms with E-state index in [1.165, 1.54) is 34.6 Å². The van der Waals surface area contributed by atoms with E-state index >= 15 is 0 Å². The molecule has 0 aliphatic heterocycles. The monoisotopic (exact) mass is 438 g/mol. The van der Waals surface area contributed by atoms with Gasteiger partial charge in [0.15, 0.2) is 0 Å². The van der Waals surface area contributed by atoms with Gasteiger partial charge < -0.3 is 4.74 Å². The van der Waals surface area contributed by atoms with Crippen molar-refractivity contribution in [1.82, 2.24) is 10.2 Å². The second-order valence-corrected chi connectivity index (χ2v) is 10.7. The van der Waals surface area contributed by atoms with Gasteiger partial charge in [0, 0.05) is 11.9 Å². The van der Waals surface area contributed by atoms with Crippen LogP contribution in [0.3, 0.4) is 0 Å². The number of rotatable bonds is 5. The molecule has 6 nitrogen and oxygen atoms in total. The first-order chi connectivity index (χ1) is 13.5. The minimum absolute atomic E-state index is 0.0619. The normalized spacial score (nSPS) is 13.2. The van der Waals surface area contributed by atoms with Crippen LogP contribution in [0.1, 0.15) is 51.6 Å². The van der Waals surface area contributed by atoms with Crippen LogP contribution in [0.5, 0.6) is 0 Å². The average Bonchev–Trinajstić information content (AvgIpc) is 3.05. The van der Waals surface area contributed by atoms with Gasteiger partial charge in [0.05, 0.1) is 0 Å². The molecule has 0 saturated carbocycles. The van der Waals surface area contributed by atoms with Gasteiger partial charge in [-0.15, -0.1) is 10.2 Å². The maximum atomic E-state index is 11.2. The third-order valence-corrected chi connectivity index (χ3v) is 6.21. The van der Waals surface area contributed by atoms with Crippen molar-refractivity contribution in [3.8, 4) is 0 Å². The van der Waals surface area contributed by atoms with Gasteiger partial charge >= 0.3 is 6.09 Å². The number of nitrogens with zero attached hydrogens (tertiary/aromatic N) is 3. The Balaban J connectivity index is 0.000000291. The molecule has 29 heavy (non-hydrogen) atoms. The van der Waals surface area contributed by atoms with E-state index in [0.717, 1.165) is 10.9 Å². The smallest absolute Gasteiger partial charge is 0.414 e. The minimum Gasteiger partial charge on any atom is -0.444 e. The number of carbonyl (C=O) groups excluding carboxylic acids is 1. The molecule has 0 fully saturated rings. The summed E-state index contributed by atoms with van der Waals surface area (Å²) in [6.45, 7) is 11.8. The molecule has 2 atom stereocenters. The highest BCUT2D eigenvalue weighted by molar-refractivity contribution is 7.86. The number of aryl methyl sites for hydroxylation is 1. The van der Waals surface area contributed by atoms with Gasteiger partial charge in [-0.2, -0.15) is 0 Å². The zero-order valence-electron chi connectivity index (χ0n) is 18.8. The predicted octanol–water partition coefficient (Wildman–Crippen LogP) is 5.89. The molecule has 1 heterocycles. The van der Waals surface area contributed by atoms with Crippen molar-refractivity contribution < 1.29 is 9.53 Å². The zero-order valence-corrected chi connectivity index (χ0v) is 20.4. The van der Waals surface area contributed by atoms with E-state index in [2.05, 4.69) is 64.2 Å². The van der Waals surface area contributed by atoms with Crippen LogP contribution >= 0.6 is 11.3 Å². The number of hydrogen-bond acceptors (Lipinski definition) is 6. The fourth-order valence-electron chi connectivity index (χ4n) is 2.21. The first-order valence-corrected chi connectivity index (χ1v) is 12.1. The standard InChI is InChI=1S/C13H21NS.C8H13N3O2S/c1-5-11(2)10-12-6-8-13(9-7-12)15(4)14-3;1-5-10-11-6(14-5)9-7(12)13-8(2,3)4/h6-9,11H,5,10H2,1-4H3;1-4H3,(H,9,11,12). The number of aromatic nitrogens is 2. The van der Waals surface area contributed by atoms with Gasteiger partial charge in [0.1, 0.15) is 10.6 Å². The van der Waals surface area contributed by atoms with E-state index in [9.17, 15) is 4.79 Å². The molecule has 1 aromatic heterocycles. The molecular formula is C21H34N4O2S2. The van der Waals surface area contributed by atoms with Crippen molar-refractivity contribution in [2.45, 2.75) is 64.9 Å². The summed E-state index contributed by atoms with van der Waals surface area (Å²) in [5.74, 6) is 0.784. The Kier molecular flexibility index (Phi) is 10.5. The highest BCUT2D eigenvalue weighted by atomic mass is 32.2. The summed E-state index contributed by atoms with van der Waals surface area (Å²) in [7, 11) is 1.95. The lowest BCUT2D eigenvalue weighted by atomic mass is 9.99. The first-order valence-electron chi connectivity index (χ1n) is 9.69. The zero-order chi connectivity index (χ0) is 22.0. The molecule has 2 rings (SSSR count). The number of amides is 1. The van der Waals surface area contributed by atoms with E-state index in [-0.39, 0.29) is 10.7 Å². The molecule has 0 aliphatic rings. The minimum atomic E-state index is -0.506. The largest absolute Gasteiger partial charge is 0.444 e. The van der Waals surface area contributed by atoms with Crippen molar-refractivity contribution >= 4 is 33.3 Å². The van der Waals surface area contributed by atoms with Gasteiger partial charge in [-0.05, 0) is 64.0 Å². The lowest BCUT2D eigenvalue weighted by Crippen LogP contribution is -2.27. The summed E-state index contributed by atoms with van der Waals surface area (Å²) >= 11 is 1.31. The number of carbonyl (C=O) groups is 1. The molecule has 2 unspecified atom stereocenters. The Morgan fingerprint density at radius 1 is 1.28 bits per heavy atom. The molecule has 0 aliphatic carbocycles.